The monoisotopic (exact) mass is 478 g/mol. The van der Waals surface area contributed by atoms with E-state index in [4.69, 9.17) is 4.74 Å². The highest BCUT2D eigenvalue weighted by Gasteiger charge is 2.21. The van der Waals surface area contributed by atoms with Gasteiger partial charge in [-0.15, -0.1) is 0 Å². The van der Waals surface area contributed by atoms with E-state index in [1.807, 2.05) is 25.1 Å². The van der Waals surface area contributed by atoms with Gasteiger partial charge in [-0.3, -0.25) is 9.36 Å². The summed E-state index contributed by atoms with van der Waals surface area (Å²) in [5.74, 6) is 0.824. The molecule has 3 heterocycles. The van der Waals surface area contributed by atoms with Crippen LogP contribution >= 0.6 is 0 Å². The second kappa shape index (κ2) is 10.5. The van der Waals surface area contributed by atoms with Gasteiger partial charge in [0.15, 0.2) is 0 Å². The Hall–Kier alpha value is -3.30. The minimum absolute atomic E-state index is 0.0350. The molecule has 1 aliphatic rings. The van der Waals surface area contributed by atoms with Crippen molar-refractivity contribution in [3.63, 3.8) is 0 Å². The van der Waals surface area contributed by atoms with Crippen molar-refractivity contribution in [2.24, 2.45) is 0 Å². The van der Waals surface area contributed by atoms with Gasteiger partial charge in [-0.05, 0) is 36.3 Å². The lowest BCUT2D eigenvalue weighted by atomic mass is 9.85. The number of aliphatic hydroxyl groups excluding tert-OH is 1. The van der Waals surface area contributed by atoms with Gasteiger partial charge >= 0.3 is 0 Å². The highest BCUT2D eigenvalue weighted by Crippen LogP contribution is 2.25. The van der Waals surface area contributed by atoms with Gasteiger partial charge in [0, 0.05) is 37.2 Å². The molecule has 3 aromatic rings. The van der Waals surface area contributed by atoms with Crippen LogP contribution in [0.4, 0.5) is 5.95 Å². The number of aryl methyl sites for hydroxylation is 1. The third-order valence-corrected chi connectivity index (χ3v) is 6.20. The van der Waals surface area contributed by atoms with E-state index in [0.29, 0.717) is 11.8 Å². The number of aliphatic hydroxyl groups is 1. The average molecular weight is 479 g/mol. The van der Waals surface area contributed by atoms with Crippen molar-refractivity contribution < 1.29 is 14.6 Å². The standard InChI is InChI=1S/C26H34N6O3/c1-17-13-27-25(29-20-8-10-35-11-9-20)31-23(17)32-14-21(28-16-32)24(34)30-22(15-33)18-6-5-7-19(12-18)26(2,3)4/h5-7,12-14,16,20,22,33H,8-11,15H2,1-4H3,(H,30,34)(H,27,29,31). The van der Waals surface area contributed by atoms with Crippen LogP contribution in [0.25, 0.3) is 5.82 Å². The smallest absolute Gasteiger partial charge is 0.272 e. The molecule has 1 aromatic carbocycles. The maximum atomic E-state index is 13.0. The minimum atomic E-state index is -0.536. The Labute approximate surface area is 206 Å². The lowest BCUT2D eigenvalue weighted by Crippen LogP contribution is -2.31. The number of carbonyl (C=O) groups is 1. The maximum absolute atomic E-state index is 13.0. The summed E-state index contributed by atoms with van der Waals surface area (Å²) in [5, 5.41) is 16.3. The van der Waals surface area contributed by atoms with Crippen molar-refractivity contribution in [3.05, 3.63) is 65.4 Å². The number of nitrogens with one attached hydrogen (secondary N) is 2. The normalized spacial score (nSPS) is 15.6. The number of amides is 1. The molecule has 1 fully saturated rings. The fourth-order valence-corrected chi connectivity index (χ4v) is 4.03. The molecule has 3 N–H and O–H groups in total. The Balaban J connectivity index is 1.49. The summed E-state index contributed by atoms with van der Waals surface area (Å²) in [6, 6.07) is 7.67. The average Bonchev–Trinajstić information content (AvgIpc) is 3.34. The fourth-order valence-electron chi connectivity index (χ4n) is 4.03. The van der Waals surface area contributed by atoms with Crippen LogP contribution in [0.2, 0.25) is 0 Å². The molecule has 1 atom stereocenters. The predicted molar refractivity (Wildman–Crippen MR) is 134 cm³/mol. The molecule has 0 spiro atoms. The lowest BCUT2D eigenvalue weighted by Gasteiger charge is -2.23. The van der Waals surface area contributed by atoms with E-state index in [9.17, 15) is 9.90 Å². The van der Waals surface area contributed by atoms with E-state index in [-0.39, 0.29) is 29.7 Å². The van der Waals surface area contributed by atoms with Gasteiger partial charge in [-0.25, -0.2) is 9.97 Å². The molecule has 1 aliphatic heterocycles. The first-order chi connectivity index (χ1) is 16.7. The Morgan fingerprint density at radius 1 is 1.26 bits per heavy atom. The third kappa shape index (κ3) is 6.04. The molecule has 2 aromatic heterocycles. The molecule has 4 rings (SSSR count). The number of ether oxygens (including phenoxy) is 1. The first-order valence-corrected chi connectivity index (χ1v) is 12.0. The quantitative estimate of drug-likeness (QED) is 0.477. The number of carbonyl (C=O) groups excluding carboxylic acids is 1. The topological polar surface area (TPSA) is 114 Å². The van der Waals surface area contributed by atoms with Gasteiger partial charge in [0.1, 0.15) is 17.8 Å². The molecule has 0 saturated carbocycles. The molecule has 0 radical (unpaired) electrons. The summed E-state index contributed by atoms with van der Waals surface area (Å²) < 4.78 is 7.13. The second-order valence-corrected chi connectivity index (χ2v) is 9.98. The van der Waals surface area contributed by atoms with Crippen LogP contribution in [0.15, 0.2) is 43.0 Å². The Morgan fingerprint density at radius 2 is 2.03 bits per heavy atom. The lowest BCUT2D eigenvalue weighted by molar-refractivity contribution is 0.0902. The zero-order valence-electron chi connectivity index (χ0n) is 20.8. The predicted octanol–water partition coefficient (Wildman–Crippen LogP) is 3.32. The molecule has 0 bridgehead atoms. The van der Waals surface area contributed by atoms with Crippen LogP contribution < -0.4 is 10.6 Å². The van der Waals surface area contributed by atoms with Gasteiger partial charge in [-0.1, -0.05) is 45.0 Å². The number of anilines is 1. The highest BCUT2D eigenvalue weighted by molar-refractivity contribution is 5.92. The molecule has 186 valence electrons. The summed E-state index contributed by atoms with van der Waals surface area (Å²) >= 11 is 0. The number of benzene rings is 1. The number of rotatable bonds is 7. The van der Waals surface area contributed by atoms with Gasteiger partial charge in [0.25, 0.3) is 5.91 Å². The van der Waals surface area contributed by atoms with Crippen LogP contribution in [0.1, 0.15) is 66.8 Å². The molecule has 1 amide bonds. The SMILES string of the molecule is Cc1cnc(NC2CCOCC2)nc1-n1cnc(C(=O)NC(CO)c2cccc(C(C)(C)C)c2)c1. The highest BCUT2D eigenvalue weighted by atomic mass is 16.5. The molecular formula is C26H34N6O3. The van der Waals surface area contributed by atoms with E-state index in [2.05, 4.69) is 52.4 Å². The third-order valence-electron chi connectivity index (χ3n) is 6.20. The second-order valence-electron chi connectivity index (χ2n) is 9.98. The van der Waals surface area contributed by atoms with Crippen LogP contribution in [0.5, 0.6) is 0 Å². The van der Waals surface area contributed by atoms with Crippen molar-refractivity contribution in [3.8, 4) is 5.82 Å². The first kappa shape index (κ1) is 24.8. The van der Waals surface area contributed by atoms with E-state index in [1.165, 1.54) is 0 Å². The summed E-state index contributed by atoms with van der Waals surface area (Å²) in [6.45, 7) is 9.54. The number of hydrogen-bond acceptors (Lipinski definition) is 7. The van der Waals surface area contributed by atoms with Crippen molar-refractivity contribution in [1.29, 1.82) is 0 Å². The largest absolute Gasteiger partial charge is 0.394 e. The number of aromatic nitrogens is 4. The maximum Gasteiger partial charge on any atom is 0.272 e. The zero-order chi connectivity index (χ0) is 25.0. The van der Waals surface area contributed by atoms with Crippen molar-refractivity contribution in [1.82, 2.24) is 24.8 Å². The van der Waals surface area contributed by atoms with Crippen molar-refractivity contribution in [2.75, 3.05) is 25.1 Å². The summed E-state index contributed by atoms with van der Waals surface area (Å²) in [5.41, 5.74) is 3.05. The Morgan fingerprint density at radius 3 is 2.74 bits per heavy atom. The van der Waals surface area contributed by atoms with Gasteiger partial charge < -0.3 is 20.5 Å². The van der Waals surface area contributed by atoms with E-state index >= 15 is 0 Å². The van der Waals surface area contributed by atoms with Crippen LogP contribution in [-0.2, 0) is 10.2 Å². The van der Waals surface area contributed by atoms with Crippen LogP contribution in [-0.4, -0.2) is 56.4 Å². The summed E-state index contributed by atoms with van der Waals surface area (Å²) in [6.07, 6.45) is 6.78. The Bertz CT molecular complexity index is 1160. The van der Waals surface area contributed by atoms with Crippen molar-refractivity contribution >= 4 is 11.9 Å². The first-order valence-electron chi connectivity index (χ1n) is 12.0. The minimum Gasteiger partial charge on any atom is -0.394 e. The van der Waals surface area contributed by atoms with Crippen LogP contribution in [0, 0.1) is 6.92 Å². The number of imidazole rings is 1. The fraction of sp³-hybridized carbons (Fsp3) is 0.462. The Kier molecular flexibility index (Phi) is 7.47. The summed E-state index contributed by atoms with van der Waals surface area (Å²) in [4.78, 5) is 26.3. The van der Waals surface area contributed by atoms with Gasteiger partial charge in [0.2, 0.25) is 5.95 Å². The molecule has 35 heavy (non-hydrogen) atoms. The van der Waals surface area contributed by atoms with E-state index in [1.54, 1.807) is 23.3 Å². The molecule has 1 unspecified atom stereocenters. The molecule has 1 saturated heterocycles. The van der Waals surface area contributed by atoms with Crippen molar-refractivity contribution in [2.45, 2.75) is 58.0 Å². The number of nitrogens with zero attached hydrogens (tertiary/aromatic N) is 4. The molecule has 9 nitrogen and oxygen atoms in total. The van der Waals surface area contributed by atoms with Gasteiger partial charge in [-0.2, -0.15) is 4.98 Å². The molecular weight excluding hydrogens is 444 g/mol. The van der Waals surface area contributed by atoms with Gasteiger partial charge in [0.05, 0.1) is 12.6 Å². The van der Waals surface area contributed by atoms with Crippen LogP contribution in [0.3, 0.4) is 0 Å². The zero-order valence-corrected chi connectivity index (χ0v) is 20.8. The van der Waals surface area contributed by atoms with E-state index < -0.39 is 6.04 Å². The summed E-state index contributed by atoms with van der Waals surface area (Å²) in [7, 11) is 0. The van der Waals surface area contributed by atoms with E-state index in [0.717, 1.165) is 42.7 Å². The molecule has 0 aliphatic carbocycles. The molecule has 9 heteroatoms. The number of hydrogen-bond donors (Lipinski definition) is 3.